The van der Waals surface area contributed by atoms with Gasteiger partial charge in [-0.15, -0.1) is 0 Å². The van der Waals surface area contributed by atoms with E-state index in [1.165, 1.54) is 25.7 Å². The molecule has 1 unspecified atom stereocenters. The van der Waals surface area contributed by atoms with Crippen molar-refractivity contribution in [2.24, 2.45) is 0 Å². The van der Waals surface area contributed by atoms with Crippen molar-refractivity contribution in [3.63, 3.8) is 0 Å². The highest BCUT2D eigenvalue weighted by molar-refractivity contribution is 5.69. The maximum atomic E-state index is 12.5. The molecular weight excluding hydrogens is 556 g/mol. The number of unbranched alkanes of at least 4 members (excludes halogenated alkanes) is 10. The summed E-state index contributed by atoms with van der Waals surface area (Å²) in [6, 6.07) is 0. The van der Waals surface area contributed by atoms with Crippen LogP contribution >= 0.6 is 0 Å². The third-order valence-electron chi connectivity index (χ3n) is 7.34. The number of rotatable bonds is 31. The minimum absolute atomic E-state index is 0.114. The number of hydrogen-bond acceptors (Lipinski definition) is 3. The van der Waals surface area contributed by atoms with E-state index < -0.39 is 5.97 Å². The zero-order valence-corrected chi connectivity index (χ0v) is 28.9. The van der Waals surface area contributed by atoms with Crippen LogP contribution in [0.5, 0.6) is 0 Å². The van der Waals surface area contributed by atoms with Crippen molar-refractivity contribution < 1.29 is 19.4 Å². The van der Waals surface area contributed by atoms with Crippen molar-refractivity contribution in [2.75, 3.05) is 0 Å². The van der Waals surface area contributed by atoms with Gasteiger partial charge in [-0.2, -0.15) is 0 Å². The molecule has 1 N–H and O–H groups in total. The first kappa shape index (κ1) is 42.1. The largest absolute Gasteiger partial charge is 0.481 e. The fourth-order valence-electron chi connectivity index (χ4n) is 4.69. The monoisotopic (exact) mass is 622 g/mol. The number of hydrogen-bond donors (Lipinski definition) is 1. The van der Waals surface area contributed by atoms with Crippen molar-refractivity contribution in [3.05, 3.63) is 85.1 Å². The van der Waals surface area contributed by atoms with Crippen molar-refractivity contribution in [3.8, 4) is 0 Å². The van der Waals surface area contributed by atoms with Crippen LogP contribution < -0.4 is 0 Å². The summed E-state index contributed by atoms with van der Waals surface area (Å²) in [4.78, 5) is 23.3. The second-order valence-electron chi connectivity index (χ2n) is 11.7. The number of carboxylic acid groups (broad SMARTS) is 1. The molecule has 0 aliphatic heterocycles. The quantitative estimate of drug-likeness (QED) is 0.0474. The molecule has 0 saturated carbocycles. The van der Waals surface area contributed by atoms with E-state index in [1.54, 1.807) is 0 Å². The minimum Gasteiger partial charge on any atom is -0.481 e. The van der Waals surface area contributed by atoms with Crippen LogP contribution in [-0.2, 0) is 14.3 Å². The van der Waals surface area contributed by atoms with Crippen LogP contribution in [0, 0.1) is 0 Å². The standard InChI is InChI=1S/C41H66O4/c1-3-5-7-9-11-13-14-15-16-17-18-19-20-21-22-24-26-28-34-38-41(44)45-39(36-32-29-30-33-37-40(42)43)35-31-27-25-23-12-10-8-6-4-2/h5,7,11,13,15-16,18-19,21-23,25,31,35,39H,3-4,6,8-10,12,14,17,20,24,26-30,32-34,36-38H2,1-2H3,(H,42,43)/b7-5-,13-11-,16-15-,19-18-,22-21-,25-23-,35-31-. The summed E-state index contributed by atoms with van der Waals surface area (Å²) in [6.45, 7) is 4.39. The van der Waals surface area contributed by atoms with Gasteiger partial charge >= 0.3 is 11.9 Å². The Labute approximate surface area is 277 Å². The first-order chi connectivity index (χ1) is 22.1. The molecule has 4 heteroatoms. The third-order valence-corrected chi connectivity index (χ3v) is 7.34. The molecule has 0 aromatic rings. The van der Waals surface area contributed by atoms with E-state index >= 15 is 0 Å². The van der Waals surface area contributed by atoms with Gasteiger partial charge in [0.15, 0.2) is 0 Å². The van der Waals surface area contributed by atoms with Gasteiger partial charge in [0.1, 0.15) is 6.10 Å². The van der Waals surface area contributed by atoms with Crippen LogP contribution in [0.1, 0.15) is 155 Å². The molecule has 0 radical (unpaired) electrons. The number of carbonyl (C=O) groups excluding carboxylic acids is 1. The van der Waals surface area contributed by atoms with Crippen LogP contribution in [0.4, 0.5) is 0 Å². The molecule has 0 aromatic carbocycles. The lowest BCUT2D eigenvalue weighted by atomic mass is 10.1. The Morgan fingerprint density at radius 1 is 0.533 bits per heavy atom. The summed E-state index contributed by atoms with van der Waals surface area (Å²) < 4.78 is 5.83. The highest BCUT2D eigenvalue weighted by Gasteiger charge is 2.11. The number of ether oxygens (including phenoxy) is 1. The Morgan fingerprint density at radius 3 is 1.56 bits per heavy atom. The van der Waals surface area contributed by atoms with Crippen molar-refractivity contribution >= 4 is 11.9 Å². The van der Waals surface area contributed by atoms with Gasteiger partial charge < -0.3 is 9.84 Å². The average molecular weight is 623 g/mol. The van der Waals surface area contributed by atoms with Gasteiger partial charge in [0.05, 0.1) is 0 Å². The van der Waals surface area contributed by atoms with Gasteiger partial charge in [-0.3, -0.25) is 9.59 Å². The van der Waals surface area contributed by atoms with Gasteiger partial charge in [0.25, 0.3) is 0 Å². The van der Waals surface area contributed by atoms with E-state index in [1.807, 2.05) is 6.08 Å². The molecule has 45 heavy (non-hydrogen) atoms. The Balaban J connectivity index is 4.16. The molecule has 0 amide bonds. The second-order valence-corrected chi connectivity index (χ2v) is 11.7. The van der Waals surface area contributed by atoms with E-state index in [-0.39, 0.29) is 18.5 Å². The molecule has 4 nitrogen and oxygen atoms in total. The van der Waals surface area contributed by atoms with E-state index in [0.29, 0.717) is 12.8 Å². The molecule has 1 atom stereocenters. The Bertz CT molecular complexity index is 887. The van der Waals surface area contributed by atoms with Crippen LogP contribution in [0.3, 0.4) is 0 Å². The number of carbonyl (C=O) groups is 2. The van der Waals surface area contributed by atoms with Crippen molar-refractivity contribution in [1.82, 2.24) is 0 Å². The van der Waals surface area contributed by atoms with E-state index in [4.69, 9.17) is 9.84 Å². The predicted molar refractivity (Wildman–Crippen MR) is 194 cm³/mol. The first-order valence-corrected chi connectivity index (χ1v) is 18.1. The van der Waals surface area contributed by atoms with E-state index in [9.17, 15) is 9.59 Å². The fraction of sp³-hybridized carbons (Fsp3) is 0.610. The molecule has 0 spiro atoms. The van der Waals surface area contributed by atoms with Crippen LogP contribution in [0.25, 0.3) is 0 Å². The molecular formula is C41H66O4. The average Bonchev–Trinajstić information content (AvgIpc) is 3.02. The maximum Gasteiger partial charge on any atom is 0.306 e. The molecule has 0 rings (SSSR count). The lowest BCUT2D eigenvalue weighted by Crippen LogP contribution is -2.16. The van der Waals surface area contributed by atoms with Gasteiger partial charge in [-0.25, -0.2) is 0 Å². The molecule has 254 valence electrons. The molecule has 0 aliphatic rings. The summed E-state index contributed by atoms with van der Waals surface area (Å²) in [5.41, 5.74) is 0. The molecule has 0 aliphatic carbocycles. The highest BCUT2D eigenvalue weighted by atomic mass is 16.5. The topological polar surface area (TPSA) is 63.6 Å². The van der Waals surface area contributed by atoms with Crippen molar-refractivity contribution in [2.45, 2.75) is 161 Å². The van der Waals surface area contributed by atoms with Gasteiger partial charge in [0, 0.05) is 12.8 Å². The minimum atomic E-state index is -0.735. The first-order valence-electron chi connectivity index (χ1n) is 18.1. The Hall–Kier alpha value is -2.88. The Morgan fingerprint density at radius 2 is 1.00 bits per heavy atom. The van der Waals surface area contributed by atoms with Gasteiger partial charge in [-0.1, -0.05) is 131 Å². The number of aliphatic carboxylic acids is 1. The van der Waals surface area contributed by atoms with Gasteiger partial charge in [-0.05, 0) is 96.0 Å². The lowest BCUT2D eigenvalue weighted by molar-refractivity contribution is -0.147. The normalized spacial score (nSPS) is 13.3. The number of carboxylic acids is 1. The van der Waals surface area contributed by atoms with E-state index in [2.05, 4.69) is 92.8 Å². The number of esters is 1. The molecule has 0 bridgehead atoms. The lowest BCUT2D eigenvalue weighted by Gasteiger charge is -2.14. The zero-order chi connectivity index (χ0) is 32.9. The summed E-state index contributed by atoms with van der Waals surface area (Å²) >= 11 is 0. The molecule has 0 aromatic heterocycles. The predicted octanol–water partition coefficient (Wildman–Crippen LogP) is 12.5. The third kappa shape index (κ3) is 35.5. The zero-order valence-electron chi connectivity index (χ0n) is 28.9. The SMILES string of the molecule is CC/C=C\C/C=C\C/C=C\C/C=C\C/C=C\CCCCCC(=O)OC(/C=C\C/C=C\CCCCCC)CCCCCCC(=O)O. The number of allylic oxidation sites excluding steroid dienone is 13. The van der Waals surface area contributed by atoms with Crippen LogP contribution in [-0.4, -0.2) is 23.1 Å². The maximum absolute atomic E-state index is 12.5. The molecule has 0 fully saturated rings. The highest BCUT2D eigenvalue weighted by Crippen LogP contribution is 2.14. The summed E-state index contributed by atoms with van der Waals surface area (Å²) in [5, 5.41) is 8.81. The van der Waals surface area contributed by atoms with E-state index in [0.717, 1.165) is 96.3 Å². The molecule has 0 heterocycles. The van der Waals surface area contributed by atoms with Crippen molar-refractivity contribution in [1.29, 1.82) is 0 Å². The Kier molecular flexibility index (Phi) is 33.3. The van der Waals surface area contributed by atoms with Crippen LogP contribution in [0.2, 0.25) is 0 Å². The summed E-state index contributed by atoms with van der Waals surface area (Å²) in [5.74, 6) is -0.849. The smallest absolute Gasteiger partial charge is 0.306 e. The second kappa shape index (κ2) is 35.6. The molecule has 0 saturated heterocycles. The summed E-state index contributed by atoms with van der Waals surface area (Å²) in [6.07, 6.45) is 51.7. The fourth-order valence-corrected chi connectivity index (χ4v) is 4.69. The van der Waals surface area contributed by atoms with Gasteiger partial charge in [0.2, 0.25) is 0 Å². The van der Waals surface area contributed by atoms with Crippen LogP contribution in [0.15, 0.2) is 85.1 Å². The summed E-state index contributed by atoms with van der Waals surface area (Å²) in [7, 11) is 0.